The summed E-state index contributed by atoms with van der Waals surface area (Å²) in [6, 6.07) is 3.37. The highest BCUT2D eigenvalue weighted by atomic mass is 16.5. The van der Waals surface area contributed by atoms with Crippen LogP contribution in [0.1, 0.15) is 31.1 Å². The predicted octanol–water partition coefficient (Wildman–Crippen LogP) is 1.86. The molecule has 0 aliphatic heterocycles. The molecule has 0 radical (unpaired) electrons. The third-order valence-electron chi connectivity index (χ3n) is 2.82. The fraction of sp³-hybridized carbons (Fsp3) is 0.500. The summed E-state index contributed by atoms with van der Waals surface area (Å²) >= 11 is 0. The van der Waals surface area contributed by atoms with Crippen molar-refractivity contribution in [1.82, 2.24) is 0 Å². The minimum Gasteiger partial charge on any atom is -0.496 e. The number of carbonyl (C=O) groups is 1. The van der Waals surface area contributed by atoms with E-state index in [-0.39, 0.29) is 6.61 Å². The third-order valence-corrected chi connectivity index (χ3v) is 2.82. The van der Waals surface area contributed by atoms with E-state index in [0.29, 0.717) is 17.1 Å². The van der Waals surface area contributed by atoms with E-state index in [9.17, 15) is 9.90 Å². The summed E-state index contributed by atoms with van der Waals surface area (Å²) in [4.78, 5) is 11.6. The van der Waals surface area contributed by atoms with E-state index in [1.807, 2.05) is 6.92 Å². The van der Waals surface area contributed by atoms with Crippen molar-refractivity contribution in [2.24, 2.45) is 0 Å². The molecule has 0 amide bonds. The van der Waals surface area contributed by atoms with Crippen LogP contribution in [0.4, 0.5) is 0 Å². The first-order valence-corrected chi connectivity index (χ1v) is 6.18. The Labute approximate surface area is 113 Å². The second-order valence-corrected chi connectivity index (χ2v) is 3.91. The third kappa shape index (κ3) is 3.38. The van der Waals surface area contributed by atoms with Gasteiger partial charge in [0.2, 0.25) is 0 Å². The molecule has 0 aromatic heterocycles. The normalized spacial score (nSPS) is 11.8. The van der Waals surface area contributed by atoms with Gasteiger partial charge < -0.3 is 19.3 Å². The quantitative estimate of drug-likeness (QED) is 0.798. The summed E-state index contributed by atoms with van der Waals surface area (Å²) in [6.45, 7) is 3.88. The maximum atomic E-state index is 11.6. The van der Waals surface area contributed by atoms with E-state index in [2.05, 4.69) is 0 Å². The van der Waals surface area contributed by atoms with Crippen LogP contribution in [0.3, 0.4) is 0 Å². The first-order chi connectivity index (χ1) is 9.08. The van der Waals surface area contributed by atoms with E-state index in [1.54, 1.807) is 26.2 Å². The lowest BCUT2D eigenvalue weighted by molar-refractivity contribution is -0.153. The molecule has 106 valence electrons. The Morgan fingerprint density at radius 1 is 1.21 bits per heavy atom. The van der Waals surface area contributed by atoms with Crippen LogP contribution < -0.4 is 9.47 Å². The number of ether oxygens (including phenoxy) is 3. The standard InChI is InChI=1S/C14H20O5/c1-5-9-7-12(18-4)10(8-11(9)17-3)13(15)14(16)19-6-2/h7-8,13,15H,5-6H2,1-4H3. The average Bonchev–Trinajstić information content (AvgIpc) is 2.45. The van der Waals surface area contributed by atoms with Crippen LogP contribution in [0.5, 0.6) is 11.5 Å². The van der Waals surface area contributed by atoms with Crippen molar-refractivity contribution in [3.63, 3.8) is 0 Å². The number of methoxy groups -OCH3 is 2. The second kappa shape index (κ2) is 6.99. The first-order valence-electron chi connectivity index (χ1n) is 6.18. The molecule has 5 nitrogen and oxygen atoms in total. The molecule has 0 saturated carbocycles. The SMILES string of the molecule is CCOC(=O)C(O)c1cc(OC)c(CC)cc1OC. The molecule has 0 heterocycles. The molecule has 1 unspecified atom stereocenters. The van der Waals surface area contributed by atoms with Gasteiger partial charge in [-0.05, 0) is 31.0 Å². The number of benzene rings is 1. The number of carbonyl (C=O) groups excluding carboxylic acids is 1. The largest absolute Gasteiger partial charge is 0.496 e. The highest BCUT2D eigenvalue weighted by molar-refractivity contribution is 5.77. The number of aliphatic hydroxyl groups excluding tert-OH is 1. The Hall–Kier alpha value is -1.75. The van der Waals surface area contributed by atoms with Gasteiger partial charge in [0, 0.05) is 5.56 Å². The highest BCUT2D eigenvalue weighted by Crippen LogP contribution is 2.33. The Morgan fingerprint density at radius 3 is 2.32 bits per heavy atom. The zero-order valence-corrected chi connectivity index (χ0v) is 11.7. The Balaban J connectivity index is 3.21. The lowest BCUT2D eigenvalue weighted by Crippen LogP contribution is -2.16. The fourth-order valence-electron chi connectivity index (χ4n) is 1.82. The number of esters is 1. The summed E-state index contributed by atoms with van der Waals surface area (Å²) in [5.41, 5.74) is 1.29. The van der Waals surface area contributed by atoms with Gasteiger partial charge in [0.1, 0.15) is 11.5 Å². The molecule has 1 atom stereocenters. The molecule has 19 heavy (non-hydrogen) atoms. The summed E-state index contributed by atoms with van der Waals surface area (Å²) in [5.74, 6) is 0.354. The molecule has 0 aliphatic rings. The minimum absolute atomic E-state index is 0.211. The summed E-state index contributed by atoms with van der Waals surface area (Å²) in [6.07, 6.45) is -0.621. The number of aliphatic hydroxyl groups is 1. The van der Waals surface area contributed by atoms with Gasteiger partial charge >= 0.3 is 5.97 Å². The molecule has 1 N–H and O–H groups in total. The Kier molecular flexibility index (Phi) is 5.63. The minimum atomic E-state index is -1.38. The van der Waals surface area contributed by atoms with Gasteiger partial charge in [-0.25, -0.2) is 4.79 Å². The van der Waals surface area contributed by atoms with E-state index >= 15 is 0 Å². The molecule has 1 aromatic rings. The maximum absolute atomic E-state index is 11.6. The summed E-state index contributed by atoms with van der Waals surface area (Å²) in [7, 11) is 3.03. The van der Waals surface area contributed by atoms with Crippen molar-refractivity contribution in [2.45, 2.75) is 26.4 Å². The zero-order valence-electron chi connectivity index (χ0n) is 11.7. The molecular weight excluding hydrogens is 248 g/mol. The van der Waals surface area contributed by atoms with Crippen molar-refractivity contribution in [3.8, 4) is 11.5 Å². The topological polar surface area (TPSA) is 65.0 Å². The van der Waals surface area contributed by atoms with Crippen molar-refractivity contribution in [2.75, 3.05) is 20.8 Å². The van der Waals surface area contributed by atoms with Gasteiger partial charge in [0.15, 0.2) is 6.10 Å². The van der Waals surface area contributed by atoms with Gasteiger partial charge in [-0.2, -0.15) is 0 Å². The highest BCUT2D eigenvalue weighted by Gasteiger charge is 2.24. The van der Waals surface area contributed by atoms with Gasteiger partial charge in [-0.1, -0.05) is 6.92 Å². The number of aryl methyl sites for hydroxylation is 1. The van der Waals surface area contributed by atoms with Crippen molar-refractivity contribution in [3.05, 3.63) is 23.3 Å². The number of rotatable bonds is 6. The number of hydrogen-bond donors (Lipinski definition) is 1. The zero-order chi connectivity index (χ0) is 14.4. The molecule has 1 rings (SSSR count). The van der Waals surface area contributed by atoms with Crippen molar-refractivity contribution in [1.29, 1.82) is 0 Å². The van der Waals surface area contributed by atoms with Crippen LogP contribution in [0, 0.1) is 0 Å². The first kappa shape index (κ1) is 15.3. The number of hydrogen-bond acceptors (Lipinski definition) is 5. The molecule has 0 aliphatic carbocycles. The Bertz CT molecular complexity index is 442. The van der Waals surface area contributed by atoms with E-state index in [0.717, 1.165) is 12.0 Å². The fourth-order valence-corrected chi connectivity index (χ4v) is 1.82. The molecule has 0 saturated heterocycles. The summed E-state index contributed by atoms with van der Waals surface area (Å²) in [5, 5.41) is 10.0. The molecular formula is C14H20O5. The molecule has 0 fully saturated rings. The van der Waals surface area contributed by atoms with Gasteiger partial charge in [-0.15, -0.1) is 0 Å². The maximum Gasteiger partial charge on any atom is 0.339 e. The van der Waals surface area contributed by atoms with Crippen LogP contribution in [0.2, 0.25) is 0 Å². The lowest BCUT2D eigenvalue weighted by atomic mass is 10.0. The van der Waals surface area contributed by atoms with Crippen LogP contribution in [-0.4, -0.2) is 31.9 Å². The van der Waals surface area contributed by atoms with E-state index in [1.165, 1.54) is 7.11 Å². The predicted molar refractivity (Wildman–Crippen MR) is 70.5 cm³/mol. The van der Waals surface area contributed by atoms with E-state index < -0.39 is 12.1 Å². The lowest BCUT2D eigenvalue weighted by Gasteiger charge is -2.17. The van der Waals surface area contributed by atoms with Crippen LogP contribution in [0.15, 0.2) is 12.1 Å². The average molecular weight is 268 g/mol. The van der Waals surface area contributed by atoms with Gasteiger partial charge in [0.05, 0.1) is 20.8 Å². The monoisotopic (exact) mass is 268 g/mol. The van der Waals surface area contributed by atoms with E-state index in [4.69, 9.17) is 14.2 Å². The molecule has 0 bridgehead atoms. The van der Waals surface area contributed by atoms with Gasteiger partial charge in [-0.3, -0.25) is 0 Å². The smallest absolute Gasteiger partial charge is 0.339 e. The Morgan fingerprint density at radius 2 is 1.84 bits per heavy atom. The summed E-state index contributed by atoms with van der Waals surface area (Å²) < 4.78 is 15.3. The van der Waals surface area contributed by atoms with Crippen LogP contribution in [-0.2, 0) is 16.0 Å². The van der Waals surface area contributed by atoms with Crippen LogP contribution >= 0.6 is 0 Å². The van der Waals surface area contributed by atoms with Gasteiger partial charge in [0.25, 0.3) is 0 Å². The molecule has 0 spiro atoms. The second-order valence-electron chi connectivity index (χ2n) is 3.91. The van der Waals surface area contributed by atoms with Crippen LogP contribution in [0.25, 0.3) is 0 Å². The van der Waals surface area contributed by atoms with Crippen molar-refractivity contribution < 1.29 is 24.1 Å². The molecule has 5 heteroatoms. The van der Waals surface area contributed by atoms with Crippen molar-refractivity contribution >= 4 is 5.97 Å². The molecule has 1 aromatic carbocycles.